The molecule has 1 aromatic heterocycles. The maximum absolute atomic E-state index is 11.9. The normalized spacial score (nSPS) is 10.5. The molecule has 3 rings (SSSR count). The number of carbonyl (C=O) groups is 1. The number of esters is 1. The van der Waals surface area contributed by atoms with Gasteiger partial charge in [0.15, 0.2) is 0 Å². The van der Waals surface area contributed by atoms with Crippen LogP contribution in [0.1, 0.15) is 32.9 Å². The standard InChI is InChI=1S/C22H20ClN3O2/c1-13-19(11-24)21(16-5-7-17(25)8-6-16)14(2)26(13)12-15-4-9-20(23)18(10-15)22(27)28-3/h4-10H,12,25H2,1-3H3. The Balaban J connectivity index is 2.08. The van der Waals surface area contributed by atoms with Crippen molar-refractivity contribution in [3.63, 3.8) is 0 Å². The Hall–Kier alpha value is -3.23. The van der Waals surface area contributed by atoms with Crippen LogP contribution in [0.2, 0.25) is 5.02 Å². The van der Waals surface area contributed by atoms with E-state index in [9.17, 15) is 10.1 Å². The van der Waals surface area contributed by atoms with Crippen LogP contribution >= 0.6 is 11.6 Å². The zero-order valence-electron chi connectivity index (χ0n) is 15.9. The number of hydrogen-bond acceptors (Lipinski definition) is 4. The van der Waals surface area contributed by atoms with Crippen molar-refractivity contribution in [3.05, 3.63) is 75.6 Å². The number of aromatic nitrogens is 1. The molecule has 2 N–H and O–H groups in total. The predicted molar refractivity (Wildman–Crippen MR) is 110 cm³/mol. The first-order chi connectivity index (χ1) is 13.4. The molecule has 0 aliphatic rings. The smallest absolute Gasteiger partial charge is 0.339 e. The highest BCUT2D eigenvalue weighted by molar-refractivity contribution is 6.33. The number of nitrogen functional groups attached to an aromatic ring is 1. The van der Waals surface area contributed by atoms with Crippen molar-refractivity contribution in [2.45, 2.75) is 20.4 Å². The lowest BCUT2D eigenvalue weighted by molar-refractivity contribution is 0.0601. The van der Waals surface area contributed by atoms with E-state index in [-0.39, 0.29) is 0 Å². The van der Waals surface area contributed by atoms with Crippen LogP contribution < -0.4 is 5.73 Å². The van der Waals surface area contributed by atoms with Gasteiger partial charge in [0.1, 0.15) is 6.07 Å². The van der Waals surface area contributed by atoms with E-state index in [1.807, 2.05) is 44.2 Å². The summed E-state index contributed by atoms with van der Waals surface area (Å²) in [5.74, 6) is -0.479. The Morgan fingerprint density at radius 2 is 1.86 bits per heavy atom. The number of rotatable bonds is 4. The second kappa shape index (κ2) is 7.79. The van der Waals surface area contributed by atoms with Gasteiger partial charge in [-0.2, -0.15) is 5.26 Å². The lowest BCUT2D eigenvalue weighted by atomic mass is 10.0. The number of hydrogen-bond donors (Lipinski definition) is 1. The third-order valence-electron chi connectivity index (χ3n) is 4.87. The highest BCUT2D eigenvalue weighted by Crippen LogP contribution is 2.33. The molecule has 0 atom stereocenters. The zero-order valence-corrected chi connectivity index (χ0v) is 16.7. The summed E-state index contributed by atoms with van der Waals surface area (Å²) in [5.41, 5.74) is 12.0. The molecule has 0 radical (unpaired) electrons. The number of benzene rings is 2. The van der Waals surface area contributed by atoms with Crippen LogP contribution in [-0.4, -0.2) is 17.6 Å². The number of methoxy groups -OCH3 is 1. The minimum atomic E-state index is -0.479. The van der Waals surface area contributed by atoms with E-state index >= 15 is 0 Å². The lowest BCUT2D eigenvalue weighted by Gasteiger charge is -2.12. The van der Waals surface area contributed by atoms with Crippen molar-refractivity contribution in [2.24, 2.45) is 0 Å². The summed E-state index contributed by atoms with van der Waals surface area (Å²) in [7, 11) is 1.32. The van der Waals surface area contributed by atoms with Crippen LogP contribution in [0, 0.1) is 25.2 Å². The van der Waals surface area contributed by atoms with Gasteiger partial charge in [-0.15, -0.1) is 0 Å². The molecule has 3 aromatic rings. The van der Waals surface area contributed by atoms with Gasteiger partial charge in [-0.25, -0.2) is 4.79 Å². The van der Waals surface area contributed by atoms with Gasteiger partial charge in [0.25, 0.3) is 0 Å². The molecule has 0 unspecified atom stereocenters. The monoisotopic (exact) mass is 393 g/mol. The molecule has 5 nitrogen and oxygen atoms in total. The van der Waals surface area contributed by atoms with Crippen LogP contribution in [0.5, 0.6) is 0 Å². The van der Waals surface area contributed by atoms with Gasteiger partial charge in [-0.3, -0.25) is 0 Å². The number of nitrogens with zero attached hydrogens (tertiary/aromatic N) is 2. The zero-order chi connectivity index (χ0) is 20.4. The molecule has 0 aliphatic carbocycles. The molecule has 0 fully saturated rings. The second-order valence-corrected chi connectivity index (χ2v) is 6.95. The molecule has 0 saturated carbocycles. The summed E-state index contributed by atoms with van der Waals surface area (Å²) < 4.78 is 6.86. The Labute approximate surface area is 168 Å². The van der Waals surface area contributed by atoms with Gasteiger partial charge in [-0.05, 0) is 49.2 Å². The molecule has 0 saturated heterocycles. The fourth-order valence-corrected chi connectivity index (χ4v) is 3.57. The minimum absolute atomic E-state index is 0.323. The Morgan fingerprint density at radius 1 is 1.18 bits per heavy atom. The van der Waals surface area contributed by atoms with Gasteiger partial charge in [0.2, 0.25) is 0 Å². The summed E-state index contributed by atoms with van der Waals surface area (Å²) in [6.45, 7) is 4.41. The van der Waals surface area contributed by atoms with Crippen molar-refractivity contribution >= 4 is 23.3 Å². The van der Waals surface area contributed by atoms with Crippen LogP contribution in [0.4, 0.5) is 5.69 Å². The lowest BCUT2D eigenvalue weighted by Crippen LogP contribution is -2.07. The topological polar surface area (TPSA) is 81.0 Å². The van der Waals surface area contributed by atoms with Gasteiger partial charge < -0.3 is 15.0 Å². The molecule has 28 heavy (non-hydrogen) atoms. The van der Waals surface area contributed by atoms with Crippen LogP contribution in [0.25, 0.3) is 11.1 Å². The highest BCUT2D eigenvalue weighted by Gasteiger charge is 2.20. The van der Waals surface area contributed by atoms with E-state index in [2.05, 4.69) is 10.6 Å². The van der Waals surface area contributed by atoms with E-state index in [1.54, 1.807) is 12.1 Å². The van der Waals surface area contributed by atoms with Crippen LogP contribution in [0.3, 0.4) is 0 Å². The van der Waals surface area contributed by atoms with E-state index < -0.39 is 5.97 Å². The van der Waals surface area contributed by atoms with Crippen molar-refractivity contribution in [1.29, 1.82) is 5.26 Å². The Morgan fingerprint density at radius 3 is 2.46 bits per heavy atom. The first-order valence-electron chi connectivity index (χ1n) is 8.69. The molecule has 1 heterocycles. The number of carbonyl (C=O) groups excluding carboxylic acids is 1. The summed E-state index contributed by atoms with van der Waals surface area (Å²) in [5, 5.41) is 10.1. The number of nitrogens with two attached hydrogens (primary N) is 1. The van der Waals surface area contributed by atoms with Crippen LogP contribution in [0.15, 0.2) is 42.5 Å². The van der Waals surface area contributed by atoms with E-state index in [1.165, 1.54) is 7.11 Å². The fourth-order valence-electron chi connectivity index (χ4n) is 3.38. The average molecular weight is 394 g/mol. The molecule has 6 heteroatoms. The summed E-state index contributed by atoms with van der Waals surface area (Å²) in [4.78, 5) is 11.9. The third kappa shape index (κ3) is 3.47. The number of ether oxygens (including phenoxy) is 1. The Bertz CT molecular complexity index is 1090. The highest BCUT2D eigenvalue weighted by atomic mass is 35.5. The number of nitriles is 1. The third-order valence-corrected chi connectivity index (χ3v) is 5.20. The number of halogens is 1. The van der Waals surface area contributed by atoms with Gasteiger partial charge in [0.05, 0.1) is 23.3 Å². The molecule has 0 aliphatic heterocycles. The molecule has 2 aromatic carbocycles. The minimum Gasteiger partial charge on any atom is -0.465 e. The van der Waals surface area contributed by atoms with Crippen molar-refractivity contribution in [3.8, 4) is 17.2 Å². The van der Waals surface area contributed by atoms with Crippen molar-refractivity contribution in [2.75, 3.05) is 12.8 Å². The first-order valence-corrected chi connectivity index (χ1v) is 9.07. The van der Waals surface area contributed by atoms with Crippen molar-refractivity contribution < 1.29 is 9.53 Å². The molecule has 142 valence electrons. The fraction of sp³-hybridized carbons (Fsp3) is 0.182. The molecule has 0 spiro atoms. The maximum atomic E-state index is 11.9. The van der Waals surface area contributed by atoms with E-state index in [4.69, 9.17) is 22.1 Å². The van der Waals surface area contributed by atoms with Crippen molar-refractivity contribution in [1.82, 2.24) is 4.57 Å². The summed E-state index contributed by atoms with van der Waals surface area (Å²) >= 11 is 6.12. The van der Waals surface area contributed by atoms with Gasteiger partial charge >= 0.3 is 5.97 Å². The Kier molecular flexibility index (Phi) is 5.43. The average Bonchev–Trinajstić information content (AvgIpc) is 2.93. The van der Waals surface area contributed by atoms with E-state index in [0.717, 1.165) is 28.1 Å². The SMILES string of the molecule is COC(=O)c1cc(Cn2c(C)c(C#N)c(-c3ccc(N)cc3)c2C)ccc1Cl. The second-order valence-electron chi connectivity index (χ2n) is 6.55. The summed E-state index contributed by atoms with van der Waals surface area (Å²) in [6, 6.07) is 15.1. The number of anilines is 1. The quantitative estimate of drug-likeness (QED) is 0.514. The van der Waals surface area contributed by atoms with E-state index in [0.29, 0.717) is 28.4 Å². The van der Waals surface area contributed by atoms with Gasteiger partial charge in [0, 0.05) is 29.2 Å². The molecule has 0 bridgehead atoms. The maximum Gasteiger partial charge on any atom is 0.339 e. The predicted octanol–water partition coefficient (Wildman–Crippen LogP) is 4.71. The molecular weight excluding hydrogens is 374 g/mol. The van der Waals surface area contributed by atoms with Gasteiger partial charge in [-0.1, -0.05) is 29.8 Å². The molecule has 0 amide bonds. The summed E-state index contributed by atoms with van der Waals surface area (Å²) in [6.07, 6.45) is 0. The first kappa shape index (κ1) is 19.5. The van der Waals surface area contributed by atoms with Crippen LogP contribution in [-0.2, 0) is 11.3 Å². The largest absolute Gasteiger partial charge is 0.465 e. The molecular formula is C22H20ClN3O2.